The smallest absolute Gasteiger partial charge is 0.231 e. The molecule has 0 unspecified atom stereocenters. The first-order valence-corrected chi connectivity index (χ1v) is 5.82. The summed E-state index contributed by atoms with van der Waals surface area (Å²) in [4.78, 5) is 13.9. The summed E-state index contributed by atoms with van der Waals surface area (Å²) in [6.45, 7) is 1.86. The van der Waals surface area contributed by atoms with Crippen LogP contribution in [0.3, 0.4) is 0 Å². The Morgan fingerprint density at radius 3 is 2.75 bits per heavy atom. The minimum absolute atomic E-state index is 0.138. The average molecular weight is 218 g/mol. The molecule has 1 heterocycles. The second-order valence-corrected chi connectivity index (χ2v) is 4.28. The van der Waals surface area contributed by atoms with Gasteiger partial charge in [-0.1, -0.05) is 18.2 Å². The maximum absolute atomic E-state index is 12.2. The minimum Gasteiger partial charge on any atom is -0.316 e. The molecular formula is C13H18N2O. The first kappa shape index (κ1) is 11.1. The Kier molecular flexibility index (Phi) is 3.57. The molecule has 0 radical (unpaired) electrons. The maximum Gasteiger partial charge on any atom is 0.231 e. The molecule has 0 spiro atoms. The Bertz CT molecular complexity index is 344. The lowest BCUT2D eigenvalue weighted by molar-refractivity contribution is -0.122. The number of carbonyl (C=O) groups excluding carboxylic acids is 1. The quantitative estimate of drug-likeness (QED) is 0.818. The summed E-state index contributed by atoms with van der Waals surface area (Å²) in [7, 11) is 1.85. The number of hydrogen-bond donors (Lipinski definition) is 1. The third kappa shape index (κ3) is 2.42. The Labute approximate surface area is 96.5 Å². The van der Waals surface area contributed by atoms with E-state index in [-0.39, 0.29) is 11.8 Å². The number of hydrogen-bond acceptors (Lipinski definition) is 2. The Morgan fingerprint density at radius 2 is 2.12 bits per heavy atom. The van der Waals surface area contributed by atoms with Gasteiger partial charge in [-0.15, -0.1) is 0 Å². The first-order chi connectivity index (χ1) is 7.79. The van der Waals surface area contributed by atoms with Crippen LogP contribution in [0.5, 0.6) is 0 Å². The van der Waals surface area contributed by atoms with Crippen molar-refractivity contribution in [1.29, 1.82) is 0 Å². The van der Waals surface area contributed by atoms with Crippen molar-refractivity contribution in [2.75, 3.05) is 25.0 Å². The second kappa shape index (κ2) is 5.12. The average Bonchev–Trinajstić information content (AvgIpc) is 2.39. The molecule has 0 aromatic heterocycles. The molecule has 1 aliphatic heterocycles. The predicted molar refractivity (Wildman–Crippen MR) is 65.4 cm³/mol. The van der Waals surface area contributed by atoms with Crippen LogP contribution in [-0.2, 0) is 4.79 Å². The Hall–Kier alpha value is -1.35. The maximum atomic E-state index is 12.2. The van der Waals surface area contributed by atoms with Crippen molar-refractivity contribution in [1.82, 2.24) is 5.32 Å². The molecule has 2 rings (SSSR count). The van der Waals surface area contributed by atoms with Gasteiger partial charge in [0.2, 0.25) is 5.91 Å². The van der Waals surface area contributed by atoms with Crippen LogP contribution < -0.4 is 10.2 Å². The van der Waals surface area contributed by atoms with Crippen LogP contribution in [0.2, 0.25) is 0 Å². The van der Waals surface area contributed by atoms with Crippen LogP contribution in [0.1, 0.15) is 12.8 Å². The summed E-state index contributed by atoms with van der Waals surface area (Å²) in [5.74, 6) is 0.359. The molecule has 1 fully saturated rings. The molecule has 1 atom stereocenters. The number of para-hydroxylation sites is 1. The number of carbonyl (C=O) groups is 1. The largest absolute Gasteiger partial charge is 0.316 e. The molecule has 86 valence electrons. The van der Waals surface area contributed by atoms with Gasteiger partial charge in [0.05, 0.1) is 5.92 Å². The van der Waals surface area contributed by atoms with E-state index < -0.39 is 0 Å². The fraction of sp³-hybridized carbons (Fsp3) is 0.462. The van der Waals surface area contributed by atoms with Gasteiger partial charge in [0.15, 0.2) is 0 Å². The van der Waals surface area contributed by atoms with E-state index >= 15 is 0 Å². The van der Waals surface area contributed by atoms with E-state index in [2.05, 4.69) is 5.32 Å². The molecule has 0 bridgehead atoms. The van der Waals surface area contributed by atoms with E-state index in [0.29, 0.717) is 0 Å². The SMILES string of the molecule is CN(C(=O)[C@@H]1CCCNC1)c1ccccc1. The van der Waals surface area contributed by atoms with Crippen LogP contribution in [0, 0.1) is 5.92 Å². The highest BCUT2D eigenvalue weighted by molar-refractivity contribution is 5.94. The van der Waals surface area contributed by atoms with Crippen molar-refractivity contribution in [2.24, 2.45) is 5.92 Å². The monoisotopic (exact) mass is 218 g/mol. The molecule has 1 aliphatic rings. The number of amides is 1. The highest BCUT2D eigenvalue weighted by atomic mass is 16.2. The molecular weight excluding hydrogens is 200 g/mol. The predicted octanol–water partition coefficient (Wildman–Crippen LogP) is 1.65. The van der Waals surface area contributed by atoms with Gasteiger partial charge in [0, 0.05) is 19.3 Å². The highest BCUT2D eigenvalue weighted by Crippen LogP contribution is 2.18. The van der Waals surface area contributed by atoms with Gasteiger partial charge in [-0.05, 0) is 31.5 Å². The van der Waals surface area contributed by atoms with Crippen molar-refractivity contribution in [3.05, 3.63) is 30.3 Å². The zero-order chi connectivity index (χ0) is 11.4. The lowest BCUT2D eigenvalue weighted by Gasteiger charge is -2.27. The number of nitrogens with zero attached hydrogens (tertiary/aromatic N) is 1. The second-order valence-electron chi connectivity index (χ2n) is 4.28. The van der Waals surface area contributed by atoms with Gasteiger partial charge in [-0.3, -0.25) is 4.79 Å². The molecule has 16 heavy (non-hydrogen) atoms. The van der Waals surface area contributed by atoms with Crippen molar-refractivity contribution in [2.45, 2.75) is 12.8 Å². The number of piperidine rings is 1. The van der Waals surface area contributed by atoms with E-state index in [1.807, 2.05) is 37.4 Å². The fourth-order valence-corrected chi connectivity index (χ4v) is 2.12. The van der Waals surface area contributed by atoms with Gasteiger partial charge in [0.25, 0.3) is 0 Å². The molecule has 0 aliphatic carbocycles. The topological polar surface area (TPSA) is 32.3 Å². The van der Waals surface area contributed by atoms with E-state index in [1.165, 1.54) is 0 Å². The lowest BCUT2D eigenvalue weighted by atomic mass is 9.98. The van der Waals surface area contributed by atoms with Crippen molar-refractivity contribution < 1.29 is 4.79 Å². The van der Waals surface area contributed by atoms with Gasteiger partial charge in [-0.25, -0.2) is 0 Å². The number of benzene rings is 1. The normalized spacial score (nSPS) is 20.4. The van der Waals surface area contributed by atoms with Crippen LogP contribution >= 0.6 is 0 Å². The Balaban J connectivity index is 2.04. The van der Waals surface area contributed by atoms with Crippen molar-refractivity contribution in [3.8, 4) is 0 Å². The molecule has 1 amide bonds. The summed E-state index contributed by atoms with van der Waals surface area (Å²) in [6, 6.07) is 9.81. The van der Waals surface area contributed by atoms with Crippen LogP contribution in [0.4, 0.5) is 5.69 Å². The molecule has 3 heteroatoms. The van der Waals surface area contributed by atoms with E-state index in [0.717, 1.165) is 31.6 Å². The van der Waals surface area contributed by atoms with Crippen molar-refractivity contribution in [3.63, 3.8) is 0 Å². The number of rotatable bonds is 2. The number of anilines is 1. The molecule has 1 aromatic carbocycles. The van der Waals surface area contributed by atoms with Gasteiger partial charge < -0.3 is 10.2 Å². The fourth-order valence-electron chi connectivity index (χ4n) is 2.12. The molecule has 0 saturated carbocycles. The van der Waals surface area contributed by atoms with E-state index in [9.17, 15) is 4.79 Å². The van der Waals surface area contributed by atoms with Crippen LogP contribution in [-0.4, -0.2) is 26.0 Å². The minimum atomic E-state index is 0.138. The summed E-state index contributed by atoms with van der Waals surface area (Å²) in [6.07, 6.45) is 2.10. The zero-order valence-corrected chi connectivity index (χ0v) is 9.65. The Morgan fingerprint density at radius 1 is 1.38 bits per heavy atom. The third-order valence-electron chi connectivity index (χ3n) is 3.12. The van der Waals surface area contributed by atoms with E-state index in [1.54, 1.807) is 4.90 Å². The first-order valence-electron chi connectivity index (χ1n) is 5.82. The summed E-state index contributed by atoms with van der Waals surface area (Å²) >= 11 is 0. The molecule has 1 saturated heterocycles. The molecule has 3 nitrogen and oxygen atoms in total. The van der Waals surface area contributed by atoms with Gasteiger partial charge >= 0.3 is 0 Å². The molecule has 1 N–H and O–H groups in total. The van der Waals surface area contributed by atoms with Crippen LogP contribution in [0.15, 0.2) is 30.3 Å². The summed E-state index contributed by atoms with van der Waals surface area (Å²) in [5, 5.41) is 3.27. The number of nitrogens with one attached hydrogen (secondary N) is 1. The van der Waals surface area contributed by atoms with E-state index in [4.69, 9.17) is 0 Å². The summed E-state index contributed by atoms with van der Waals surface area (Å²) in [5.41, 5.74) is 0.970. The lowest BCUT2D eigenvalue weighted by Crippen LogP contribution is -2.41. The standard InChI is InChI=1S/C13H18N2O/c1-15(12-7-3-2-4-8-12)13(16)11-6-5-9-14-10-11/h2-4,7-8,11,14H,5-6,9-10H2,1H3/t11-/m1/s1. The highest BCUT2D eigenvalue weighted by Gasteiger charge is 2.24. The van der Waals surface area contributed by atoms with Gasteiger partial charge in [-0.2, -0.15) is 0 Å². The molecule has 1 aromatic rings. The zero-order valence-electron chi connectivity index (χ0n) is 9.65. The summed E-state index contributed by atoms with van der Waals surface area (Å²) < 4.78 is 0. The van der Waals surface area contributed by atoms with Crippen molar-refractivity contribution >= 4 is 11.6 Å². The van der Waals surface area contributed by atoms with Gasteiger partial charge in [0.1, 0.15) is 0 Å². The van der Waals surface area contributed by atoms with Crippen LogP contribution in [0.25, 0.3) is 0 Å². The third-order valence-corrected chi connectivity index (χ3v) is 3.12.